The largest absolute Gasteiger partial charge is 0.322 e. The Morgan fingerprint density at radius 1 is 1.24 bits per heavy atom. The molecule has 0 fully saturated rings. The molecule has 0 saturated carbocycles. The van der Waals surface area contributed by atoms with E-state index in [1.165, 1.54) is 0 Å². The van der Waals surface area contributed by atoms with Crippen molar-refractivity contribution in [2.45, 2.75) is 33.1 Å². The maximum atomic E-state index is 12.4. The molecule has 1 atom stereocenters. The number of para-hydroxylation sites is 1. The van der Waals surface area contributed by atoms with Crippen LogP contribution >= 0.6 is 11.6 Å². The number of carbonyl (C=O) groups is 1. The molecule has 0 aliphatic heterocycles. The zero-order valence-corrected chi connectivity index (χ0v) is 13.4. The fraction of sp³-hybridized carbons (Fsp3) is 0.278. The number of hydrogen-bond acceptors (Lipinski definition) is 1. The summed E-state index contributed by atoms with van der Waals surface area (Å²) < 4.78 is 0. The smallest absolute Gasteiger partial charge is 0.255 e. The Hall–Kier alpha value is -1.80. The fourth-order valence-electron chi connectivity index (χ4n) is 2.19. The Morgan fingerprint density at radius 2 is 1.95 bits per heavy atom. The maximum Gasteiger partial charge on any atom is 0.255 e. The summed E-state index contributed by atoms with van der Waals surface area (Å²) in [6.45, 7) is 6.22. The summed E-state index contributed by atoms with van der Waals surface area (Å²) in [5.74, 6) is 0.274. The molecule has 110 valence electrons. The van der Waals surface area contributed by atoms with Gasteiger partial charge in [0.2, 0.25) is 0 Å². The molecule has 2 rings (SSSR count). The number of hydrogen-bond donors (Lipinski definition) is 1. The van der Waals surface area contributed by atoms with Gasteiger partial charge in [-0.15, -0.1) is 0 Å². The topological polar surface area (TPSA) is 29.1 Å². The minimum absolute atomic E-state index is 0.132. The van der Waals surface area contributed by atoms with Crippen LogP contribution < -0.4 is 5.32 Å². The van der Waals surface area contributed by atoms with E-state index in [1.807, 2.05) is 31.2 Å². The van der Waals surface area contributed by atoms with Crippen LogP contribution in [0.5, 0.6) is 0 Å². The molecule has 0 aliphatic rings. The summed E-state index contributed by atoms with van der Waals surface area (Å²) in [7, 11) is 0. The van der Waals surface area contributed by atoms with Gasteiger partial charge in [-0.1, -0.05) is 49.7 Å². The monoisotopic (exact) mass is 301 g/mol. The van der Waals surface area contributed by atoms with E-state index in [4.69, 9.17) is 11.6 Å². The average Bonchev–Trinajstić information content (AvgIpc) is 2.49. The normalized spacial score (nSPS) is 12.0. The van der Waals surface area contributed by atoms with Gasteiger partial charge in [0, 0.05) is 16.3 Å². The van der Waals surface area contributed by atoms with Crippen LogP contribution in [0, 0.1) is 6.92 Å². The van der Waals surface area contributed by atoms with Crippen molar-refractivity contribution in [2.24, 2.45) is 0 Å². The molecule has 0 heterocycles. The molecular formula is C18H20ClNO. The zero-order chi connectivity index (χ0) is 15.4. The highest BCUT2D eigenvalue weighted by atomic mass is 35.5. The van der Waals surface area contributed by atoms with Gasteiger partial charge in [0.25, 0.3) is 5.91 Å². The number of rotatable bonds is 4. The molecule has 2 aromatic carbocycles. The molecule has 0 saturated heterocycles. The van der Waals surface area contributed by atoms with Gasteiger partial charge >= 0.3 is 0 Å². The van der Waals surface area contributed by atoms with Gasteiger partial charge in [0.15, 0.2) is 0 Å². The van der Waals surface area contributed by atoms with Gasteiger partial charge in [-0.05, 0) is 48.6 Å². The van der Waals surface area contributed by atoms with Gasteiger partial charge in [-0.3, -0.25) is 4.79 Å². The molecule has 3 heteroatoms. The third-order valence-electron chi connectivity index (χ3n) is 3.79. The number of nitrogens with one attached hydrogen (secondary N) is 1. The molecular weight excluding hydrogens is 282 g/mol. The van der Waals surface area contributed by atoms with Gasteiger partial charge < -0.3 is 5.32 Å². The summed E-state index contributed by atoms with van der Waals surface area (Å²) in [5.41, 5.74) is 3.57. The predicted molar refractivity (Wildman–Crippen MR) is 89.3 cm³/mol. The second-order valence-electron chi connectivity index (χ2n) is 5.31. The molecule has 0 aromatic heterocycles. The first-order valence-corrected chi connectivity index (χ1v) is 7.57. The Bertz CT molecular complexity index is 651. The lowest BCUT2D eigenvalue weighted by atomic mass is 9.97. The Morgan fingerprint density at radius 3 is 2.62 bits per heavy atom. The maximum absolute atomic E-state index is 12.4. The van der Waals surface area contributed by atoms with Crippen molar-refractivity contribution in [3.05, 3.63) is 64.2 Å². The second-order valence-corrected chi connectivity index (χ2v) is 5.72. The average molecular weight is 302 g/mol. The van der Waals surface area contributed by atoms with Crippen molar-refractivity contribution < 1.29 is 4.79 Å². The van der Waals surface area contributed by atoms with Crippen LogP contribution in [0.2, 0.25) is 5.02 Å². The van der Waals surface area contributed by atoms with Crippen LogP contribution in [0.25, 0.3) is 0 Å². The molecule has 1 amide bonds. The minimum atomic E-state index is -0.132. The third kappa shape index (κ3) is 3.64. The van der Waals surface area contributed by atoms with E-state index in [-0.39, 0.29) is 5.91 Å². The minimum Gasteiger partial charge on any atom is -0.322 e. The summed E-state index contributed by atoms with van der Waals surface area (Å²) in [6, 6.07) is 13.3. The molecule has 0 radical (unpaired) electrons. The quantitative estimate of drug-likeness (QED) is 0.803. The summed E-state index contributed by atoms with van der Waals surface area (Å²) in [5, 5.41) is 3.60. The van der Waals surface area contributed by atoms with E-state index >= 15 is 0 Å². The number of carbonyl (C=O) groups excluding carboxylic acids is 1. The number of halogens is 1. The number of amides is 1. The highest BCUT2D eigenvalue weighted by molar-refractivity contribution is 6.31. The Balaban J connectivity index is 2.25. The number of anilines is 1. The lowest BCUT2D eigenvalue weighted by molar-refractivity contribution is 0.102. The van der Waals surface area contributed by atoms with E-state index in [0.29, 0.717) is 16.5 Å². The standard InChI is InChI=1S/C18H20ClNO/c1-4-12(2)15-7-5-6-8-17(15)20-18(21)14-10-9-13(3)16(19)11-14/h5-12H,4H2,1-3H3,(H,20,21)/t12-/m1/s1. The molecule has 0 unspecified atom stereocenters. The number of aryl methyl sites for hydroxylation is 1. The Kier molecular flexibility index (Phi) is 5.03. The van der Waals surface area contributed by atoms with Gasteiger partial charge in [0.1, 0.15) is 0 Å². The second kappa shape index (κ2) is 6.77. The molecule has 2 nitrogen and oxygen atoms in total. The van der Waals surface area contributed by atoms with Gasteiger partial charge in [-0.2, -0.15) is 0 Å². The van der Waals surface area contributed by atoms with E-state index in [1.54, 1.807) is 12.1 Å². The van der Waals surface area contributed by atoms with E-state index in [2.05, 4.69) is 25.2 Å². The van der Waals surface area contributed by atoms with Crippen molar-refractivity contribution in [2.75, 3.05) is 5.32 Å². The number of benzene rings is 2. The summed E-state index contributed by atoms with van der Waals surface area (Å²) in [6.07, 6.45) is 1.03. The first-order chi connectivity index (χ1) is 10.0. The van der Waals surface area contributed by atoms with Crippen LogP contribution in [-0.4, -0.2) is 5.91 Å². The highest BCUT2D eigenvalue weighted by Gasteiger charge is 2.12. The van der Waals surface area contributed by atoms with Crippen LogP contribution in [0.15, 0.2) is 42.5 Å². The van der Waals surface area contributed by atoms with Crippen molar-refractivity contribution in [1.29, 1.82) is 0 Å². The molecule has 0 aliphatic carbocycles. The third-order valence-corrected chi connectivity index (χ3v) is 4.19. The van der Waals surface area contributed by atoms with Crippen molar-refractivity contribution >= 4 is 23.2 Å². The lowest BCUT2D eigenvalue weighted by Gasteiger charge is -2.15. The fourth-order valence-corrected chi connectivity index (χ4v) is 2.37. The van der Waals surface area contributed by atoms with Gasteiger partial charge in [0.05, 0.1) is 0 Å². The molecule has 1 N–H and O–H groups in total. The Labute approximate surface area is 131 Å². The van der Waals surface area contributed by atoms with Crippen LogP contribution in [-0.2, 0) is 0 Å². The van der Waals surface area contributed by atoms with Crippen molar-refractivity contribution in [3.8, 4) is 0 Å². The van der Waals surface area contributed by atoms with E-state index < -0.39 is 0 Å². The van der Waals surface area contributed by atoms with Crippen LogP contribution in [0.1, 0.15) is 47.7 Å². The first-order valence-electron chi connectivity index (χ1n) is 7.19. The van der Waals surface area contributed by atoms with E-state index in [9.17, 15) is 4.79 Å². The van der Waals surface area contributed by atoms with Crippen molar-refractivity contribution in [3.63, 3.8) is 0 Å². The van der Waals surface area contributed by atoms with Crippen molar-refractivity contribution in [1.82, 2.24) is 0 Å². The predicted octanol–water partition coefficient (Wildman–Crippen LogP) is 5.41. The molecule has 21 heavy (non-hydrogen) atoms. The highest BCUT2D eigenvalue weighted by Crippen LogP contribution is 2.27. The zero-order valence-electron chi connectivity index (χ0n) is 12.6. The lowest BCUT2D eigenvalue weighted by Crippen LogP contribution is -2.14. The van der Waals surface area contributed by atoms with E-state index in [0.717, 1.165) is 23.2 Å². The summed E-state index contributed by atoms with van der Waals surface area (Å²) in [4.78, 5) is 12.4. The first kappa shape index (κ1) is 15.6. The molecule has 0 bridgehead atoms. The van der Waals surface area contributed by atoms with Crippen LogP contribution in [0.4, 0.5) is 5.69 Å². The van der Waals surface area contributed by atoms with Crippen LogP contribution in [0.3, 0.4) is 0 Å². The summed E-state index contributed by atoms with van der Waals surface area (Å²) >= 11 is 6.09. The van der Waals surface area contributed by atoms with Gasteiger partial charge in [-0.25, -0.2) is 0 Å². The molecule has 2 aromatic rings. The SMILES string of the molecule is CC[C@@H](C)c1ccccc1NC(=O)c1ccc(C)c(Cl)c1. The molecule has 0 spiro atoms.